The highest BCUT2D eigenvalue weighted by atomic mass is 32.2. The molecule has 0 unspecified atom stereocenters. The van der Waals surface area contributed by atoms with Crippen LogP contribution in [0.5, 0.6) is 17.2 Å². The molecule has 4 aromatic rings. The molecule has 7 heteroatoms. The Kier molecular flexibility index (Phi) is 5.56. The van der Waals surface area contributed by atoms with Crippen LogP contribution in [0.15, 0.2) is 78.9 Å². The third-order valence-electron chi connectivity index (χ3n) is 5.18. The van der Waals surface area contributed by atoms with E-state index < -0.39 is 0 Å². The number of benzene rings is 3. The molecule has 160 valence electrons. The zero-order chi connectivity index (χ0) is 21.9. The van der Waals surface area contributed by atoms with Crippen molar-refractivity contribution in [1.82, 2.24) is 9.78 Å². The van der Waals surface area contributed by atoms with E-state index in [9.17, 15) is 4.79 Å². The zero-order valence-electron chi connectivity index (χ0n) is 17.4. The molecule has 2 heterocycles. The summed E-state index contributed by atoms with van der Waals surface area (Å²) in [5.41, 5.74) is 3.45. The standard InChI is InChI=1S/C25H21N3O3S/c1-30-21-9-5-6-17(14-21)25(29)26-24-22-15-32-16-23(22)27-28(24)18-10-12-20(13-11-18)31-19-7-3-2-4-8-19/h2-14H,15-16H2,1H3,(H,26,29). The minimum atomic E-state index is -0.200. The van der Waals surface area contributed by atoms with Gasteiger partial charge in [0.25, 0.3) is 5.91 Å². The second kappa shape index (κ2) is 8.80. The van der Waals surface area contributed by atoms with Gasteiger partial charge in [0.15, 0.2) is 0 Å². The quantitative estimate of drug-likeness (QED) is 0.416. The van der Waals surface area contributed by atoms with Crippen LogP contribution in [0.1, 0.15) is 21.6 Å². The van der Waals surface area contributed by atoms with Crippen LogP contribution in [-0.4, -0.2) is 22.8 Å². The maximum atomic E-state index is 13.0. The molecule has 1 aliphatic heterocycles. The van der Waals surface area contributed by atoms with Gasteiger partial charge in [0.05, 0.1) is 18.5 Å². The smallest absolute Gasteiger partial charge is 0.256 e. The first-order chi connectivity index (χ1) is 15.7. The van der Waals surface area contributed by atoms with E-state index in [0.717, 1.165) is 39.9 Å². The van der Waals surface area contributed by atoms with Crippen LogP contribution in [0.4, 0.5) is 5.82 Å². The Balaban J connectivity index is 1.43. The first-order valence-corrected chi connectivity index (χ1v) is 11.3. The number of hydrogen-bond acceptors (Lipinski definition) is 5. The van der Waals surface area contributed by atoms with Gasteiger partial charge in [-0.25, -0.2) is 4.68 Å². The molecule has 5 rings (SSSR count). The minimum Gasteiger partial charge on any atom is -0.497 e. The number of carbonyl (C=O) groups excluding carboxylic acids is 1. The lowest BCUT2D eigenvalue weighted by molar-refractivity contribution is 0.102. The van der Waals surface area contributed by atoms with Crippen molar-refractivity contribution in [2.45, 2.75) is 11.5 Å². The van der Waals surface area contributed by atoms with Gasteiger partial charge in [0.1, 0.15) is 23.1 Å². The number of nitrogens with zero attached hydrogens (tertiary/aromatic N) is 2. The fraction of sp³-hybridized carbons (Fsp3) is 0.120. The van der Waals surface area contributed by atoms with Gasteiger partial charge in [-0.3, -0.25) is 4.79 Å². The molecule has 0 saturated carbocycles. The number of aromatic nitrogens is 2. The van der Waals surface area contributed by atoms with Crippen LogP contribution in [0, 0.1) is 0 Å². The summed E-state index contributed by atoms with van der Waals surface area (Å²) >= 11 is 1.79. The van der Waals surface area contributed by atoms with Crippen molar-refractivity contribution in [2.75, 3.05) is 12.4 Å². The van der Waals surface area contributed by atoms with E-state index in [2.05, 4.69) is 5.32 Å². The molecule has 0 fully saturated rings. The largest absolute Gasteiger partial charge is 0.497 e. The Morgan fingerprint density at radius 2 is 1.69 bits per heavy atom. The van der Waals surface area contributed by atoms with E-state index in [4.69, 9.17) is 14.6 Å². The lowest BCUT2D eigenvalue weighted by Gasteiger charge is -2.12. The average molecular weight is 444 g/mol. The van der Waals surface area contributed by atoms with Crippen molar-refractivity contribution in [3.63, 3.8) is 0 Å². The monoisotopic (exact) mass is 443 g/mol. The van der Waals surface area contributed by atoms with Crippen molar-refractivity contribution >= 4 is 23.5 Å². The summed E-state index contributed by atoms with van der Waals surface area (Å²) in [6.45, 7) is 0. The van der Waals surface area contributed by atoms with Gasteiger partial charge >= 0.3 is 0 Å². The Hall–Kier alpha value is -3.71. The summed E-state index contributed by atoms with van der Waals surface area (Å²) in [4.78, 5) is 13.0. The van der Waals surface area contributed by atoms with Gasteiger partial charge < -0.3 is 14.8 Å². The molecule has 3 aromatic carbocycles. The zero-order valence-corrected chi connectivity index (χ0v) is 18.3. The topological polar surface area (TPSA) is 65.4 Å². The molecule has 0 atom stereocenters. The van der Waals surface area contributed by atoms with E-state index in [1.807, 2.05) is 60.7 Å². The molecule has 0 radical (unpaired) electrons. The van der Waals surface area contributed by atoms with Gasteiger partial charge in [0, 0.05) is 22.6 Å². The number of carbonyl (C=O) groups is 1. The van der Waals surface area contributed by atoms with Crippen molar-refractivity contribution < 1.29 is 14.3 Å². The summed E-state index contributed by atoms with van der Waals surface area (Å²) < 4.78 is 12.9. The Morgan fingerprint density at radius 1 is 0.938 bits per heavy atom. The van der Waals surface area contributed by atoms with Gasteiger partial charge in [-0.1, -0.05) is 24.3 Å². The third-order valence-corrected chi connectivity index (χ3v) is 6.15. The van der Waals surface area contributed by atoms with Gasteiger partial charge in [-0.15, -0.1) is 0 Å². The maximum Gasteiger partial charge on any atom is 0.256 e. The van der Waals surface area contributed by atoms with Gasteiger partial charge in [-0.05, 0) is 54.6 Å². The van der Waals surface area contributed by atoms with Crippen LogP contribution in [0.25, 0.3) is 5.69 Å². The molecule has 1 aromatic heterocycles. The fourth-order valence-corrected chi connectivity index (χ4v) is 4.59. The first kappa shape index (κ1) is 20.2. The average Bonchev–Trinajstić information content (AvgIpc) is 3.43. The van der Waals surface area contributed by atoms with E-state index in [1.165, 1.54) is 0 Å². The summed E-state index contributed by atoms with van der Waals surface area (Å²) in [6, 6.07) is 24.4. The predicted octanol–water partition coefficient (Wildman–Crippen LogP) is 5.67. The highest BCUT2D eigenvalue weighted by Crippen LogP contribution is 2.36. The summed E-state index contributed by atoms with van der Waals surface area (Å²) in [7, 11) is 1.58. The Labute approximate surface area is 190 Å². The number of amides is 1. The van der Waals surface area contributed by atoms with Crippen molar-refractivity contribution in [1.29, 1.82) is 0 Å². The number of anilines is 1. The van der Waals surface area contributed by atoms with Crippen molar-refractivity contribution in [3.8, 4) is 22.9 Å². The Bertz CT molecular complexity index is 1250. The molecule has 1 N–H and O–H groups in total. The van der Waals surface area contributed by atoms with E-state index in [1.54, 1.807) is 41.8 Å². The molecule has 0 bridgehead atoms. The molecule has 0 spiro atoms. The van der Waals surface area contributed by atoms with Crippen LogP contribution in [0.2, 0.25) is 0 Å². The molecule has 1 aliphatic rings. The first-order valence-electron chi connectivity index (χ1n) is 10.2. The summed E-state index contributed by atoms with van der Waals surface area (Å²) in [5, 5.41) is 7.84. The van der Waals surface area contributed by atoms with Crippen LogP contribution in [-0.2, 0) is 11.5 Å². The number of thioether (sulfide) groups is 1. The Morgan fingerprint density at radius 3 is 2.47 bits per heavy atom. The normalized spacial score (nSPS) is 12.3. The lowest BCUT2D eigenvalue weighted by atomic mass is 10.2. The van der Waals surface area contributed by atoms with Gasteiger partial charge in [-0.2, -0.15) is 16.9 Å². The molecular formula is C25H21N3O3S. The number of fused-ring (bicyclic) bond motifs is 1. The maximum absolute atomic E-state index is 13.0. The number of para-hydroxylation sites is 1. The minimum absolute atomic E-state index is 0.200. The number of nitrogens with one attached hydrogen (secondary N) is 1. The molecule has 0 saturated heterocycles. The molecule has 6 nitrogen and oxygen atoms in total. The molecular weight excluding hydrogens is 422 g/mol. The molecule has 0 aliphatic carbocycles. The summed E-state index contributed by atoms with van der Waals surface area (Å²) in [6.07, 6.45) is 0. The molecule has 1 amide bonds. The summed E-state index contributed by atoms with van der Waals surface area (Å²) in [5.74, 6) is 4.31. The van der Waals surface area contributed by atoms with E-state index >= 15 is 0 Å². The SMILES string of the molecule is COc1cccc(C(=O)Nc2c3c(nn2-c2ccc(Oc4ccccc4)cc2)CSC3)c1. The van der Waals surface area contributed by atoms with Crippen LogP contribution < -0.4 is 14.8 Å². The number of methoxy groups -OCH3 is 1. The lowest BCUT2D eigenvalue weighted by Crippen LogP contribution is -2.16. The number of rotatable bonds is 6. The third kappa shape index (κ3) is 4.07. The predicted molar refractivity (Wildman–Crippen MR) is 126 cm³/mol. The second-order valence-corrected chi connectivity index (χ2v) is 8.26. The van der Waals surface area contributed by atoms with Gasteiger partial charge in [0.2, 0.25) is 0 Å². The van der Waals surface area contributed by atoms with Crippen molar-refractivity contribution in [3.05, 3.63) is 95.7 Å². The highest BCUT2D eigenvalue weighted by molar-refractivity contribution is 7.98. The number of ether oxygens (including phenoxy) is 2. The van der Waals surface area contributed by atoms with Crippen LogP contribution >= 0.6 is 11.8 Å². The number of hydrogen-bond donors (Lipinski definition) is 1. The molecule has 32 heavy (non-hydrogen) atoms. The van der Waals surface area contributed by atoms with E-state index in [-0.39, 0.29) is 5.91 Å². The van der Waals surface area contributed by atoms with Crippen LogP contribution in [0.3, 0.4) is 0 Å². The van der Waals surface area contributed by atoms with Crippen molar-refractivity contribution in [2.24, 2.45) is 0 Å². The van der Waals surface area contributed by atoms with E-state index in [0.29, 0.717) is 17.1 Å². The fourth-order valence-electron chi connectivity index (χ4n) is 3.55. The second-order valence-electron chi connectivity index (χ2n) is 7.27. The highest BCUT2D eigenvalue weighted by Gasteiger charge is 2.25.